The van der Waals surface area contributed by atoms with Crippen LogP contribution in [-0.4, -0.2) is 28.8 Å². The molecule has 204 valence electrons. The van der Waals surface area contributed by atoms with Gasteiger partial charge in [-0.25, -0.2) is 4.79 Å². The Hall–Kier alpha value is -4.52. The Balaban J connectivity index is 1.50. The summed E-state index contributed by atoms with van der Waals surface area (Å²) in [7, 11) is 0. The minimum atomic E-state index is -4.47. The predicted octanol–water partition coefficient (Wildman–Crippen LogP) is 8.07. The van der Waals surface area contributed by atoms with Crippen molar-refractivity contribution < 1.29 is 32.7 Å². The fourth-order valence-electron chi connectivity index (χ4n) is 4.63. The summed E-state index contributed by atoms with van der Waals surface area (Å²) >= 11 is 0. The van der Waals surface area contributed by atoms with Gasteiger partial charge in [-0.05, 0) is 46.9 Å². The van der Waals surface area contributed by atoms with Crippen LogP contribution >= 0.6 is 0 Å². The van der Waals surface area contributed by atoms with Crippen LogP contribution in [0.1, 0.15) is 72.6 Å². The van der Waals surface area contributed by atoms with Gasteiger partial charge in [-0.15, -0.1) is 0 Å². The van der Waals surface area contributed by atoms with Crippen molar-refractivity contribution >= 4 is 17.5 Å². The van der Waals surface area contributed by atoms with E-state index in [9.17, 15) is 32.7 Å². The first kappa shape index (κ1) is 28.5. The number of alkyl halides is 3. The molecule has 7 heteroatoms. The van der Waals surface area contributed by atoms with Crippen molar-refractivity contribution in [3.63, 3.8) is 0 Å². The number of hydrogen-bond acceptors (Lipinski definition) is 3. The Morgan fingerprint density at radius 3 is 1.80 bits per heavy atom. The van der Waals surface area contributed by atoms with Gasteiger partial charge < -0.3 is 5.11 Å². The molecule has 0 amide bonds. The summed E-state index contributed by atoms with van der Waals surface area (Å²) < 4.78 is 41.7. The first-order valence-corrected chi connectivity index (χ1v) is 12.7. The zero-order valence-corrected chi connectivity index (χ0v) is 22.0. The van der Waals surface area contributed by atoms with Crippen molar-refractivity contribution in [1.29, 1.82) is 0 Å². The van der Waals surface area contributed by atoms with E-state index in [1.165, 1.54) is 36.4 Å². The number of rotatable bonds is 9. The van der Waals surface area contributed by atoms with Crippen molar-refractivity contribution in [1.82, 2.24) is 0 Å². The van der Waals surface area contributed by atoms with E-state index >= 15 is 0 Å². The Kier molecular flexibility index (Phi) is 8.33. The highest BCUT2D eigenvalue weighted by Crippen LogP contribution is 2.40. The van der Waals surface area contributed by atoms with Gasteiger partial charge in [-0.1, -0.05) is 91.3 Å². The molecule has 0 spiro atoms. The summed E-state index contributed by atoms with van der Waals surface area (Å²) in [5.41, 5.74) is 3.47. The minimum absolute atomic E-state index is 0.0117. The van der Waals surface area contributed by atoms with E-state index < -0.39 is 18.1 Å². The zero-order valence-electron chi connectivity index (χ0n) is 22.0. The molecular weight excluding hydrogens is 517 g/mol. The van der Waals surface area contributed by atoms with Crippen LogP contribution in [0.15, 0.2) is 91.0 Å². The molecule has 4 rings (SSSR count). The van der Waals surface area contributed by atoms with E-state index in [1.54, 1.807) is 61.5 Å². The van der Waals surface area contributed by atoms with Crippen LogP contribution in [0.2, 0.25) is 0 Å². The first-order valence-electron chi connectivity index (χ1n) is 12.7. The molecule has 40 heavy (non-hydrogen) atoms. The van der Waals surface area contributed by atoms with Gasteiger partial charge in [0.05, 0.1) is 5.56 Å². The van der Waals surface area contributed by atoms with E-state index in [4.69, 9.17) is 0 Å². The SMILES string of the molecule is CCC(=O)c1ccc(-c2ccc(C(=O)Cc3ccc(C(c4ccc(C)cc4)C(F)(F)F)cc3)cc2)cc1C(=O)O. The highest BCUT2D eigenvalue weighted by molar-refractivity contribution is 6.06. The molecule has 1 unspecified atom stereocenters. The van der Waals surface area contributed by atoms with Crippen LogP contribution in [0.25, 0.3) is 11.1 Å². The Bertz CT molecular complexity index is 1540. The topological polar surface area (TPSA) is 71.4 Å². The molecule has 0 bridgehead atoms. The number of ketones is 2. The normalized spacial score (nSPS) is 12.1. The van der Waals surface area contributed by atoms with Crippen LogP contribution in [0, 0.1) is 6.92 Å². The van der Waals surface area contributed by atoms with Crippen molar-refractivity contribution in [2.24, 2.45) is 0 Å². The molecule has 0 aromatic heterocycles. The highest BCUT2D eigenvalue weighted by Gasteiger charge is 2.41. The number of aromatic carboxylic acids is 1. The van der Waals surface area contributed by atoms with Crippen LogP contribution < -0.4 is 0 Å². The van der Waals surface area contributed by atoms with Crippen LogP contribution in [0.4, 0.5) is 13.2 Å². The van der Waals surface area contributed by atoms with Gasteiger partial charge in [-0.3, -0.25) is 9.59 Å². The molecule has 4 aromatic carbocycles. The number of halogens is 3. The lowest BCUT2D eigenvalue weighted by molar-refractivity contribution is -0.141. The number of hydrogen-bond donors (Lipinski definition) is 1. The largest absolute Gasteiger partial charge is 0.478 e. The molecule has 0 aliphatic carbocycles. The summed E-state index contributed by atoms with van der Waals surface area (Å²) in [6, 6.07) is 23.4. The first-order chi connectivity index (χ1) is 19.0. The predicted molar refractivity (Wildman–Crippen MR) is 147 cm³/mol. The third kappa shape index (κ3) is 6.37. The van der Waals surface area contributed by atoms with E-state index in [1.807, 2.05) is 6.92 Å². The second-order valence-electron chi connectivity index (χ2n) is 9.65. The Morgan fingerprint density at radius 2 is 1.27 bits per heavy atom. The smallest absolute Gasteiger partial charge is 0.399 e. The van der Waals surface area contributed by atoms with Gasteiger partial charge in [-0.2, -0.15) is 13.2 Å². The van der Waals surface area contributed by atoms with Gasteiger partial charge in [0.25, 0.3) is 0 Å². The Labute approximate surface area is 230 Å². The van der Waals surface area contributed by atoms with Crippen molar-refractivity contribution in [2.75, 3.05) is 0 Å². The van der Waals surface area contributed by atoms with Gasteiger partial charge in [0, 0.05) is 24.0 Å². The number of carbonyl (C=O) groups is 3. The minimum Gasteiger partial charge on any atom is -0.478 e. The molecule has 1 atom stereocenters. The molecule has 4 aromatic rings. The lowest BCUT2D eigenvalue weighted by Crippen LogP contribution is -2.22. The van der Waals surface area contributed by atoms with Gasteiger partial charge in [0.1, 0.15) is 5.92 Å². The quantitative estimate of drug-likeness (QED) is 0.216. The molecule has 0 radical (unpaired) electrons. The third-order valence-electron chi connectivity index (χ3n) is 6.83. The number of carboxylic acid groups (broad SMARTS) is 1. The molecule has 4 nitrogen and oxygen atoms in total. The molecule has 0 saturated carbocycles. The van der Waals surface area contributed by atoms with Crippen molar-refractivity contribution in [2.45, 2.75) is 38.8 Å². The summed E-state index contributed by atoms with van der Waals surface area (Å²) in [5.74, 6) is -3.43. The van der Waals surface area contributed by atoms with E-state index in [-0.39, 0.29) is 46.7 Å². The average molecular weight is 545 g/mol. The number of Topliss-reactive ketones (excluding diaryl/α,β-unsaturated/α-hetero) is 2. The number of carboxylic acids is 1. The van der Waals surface area contributed by atoms with Gasteiger partial charge >= 0.3 is 12.1 Å². The molecule has 0 aliphatic rings. The number of benzene rings is 4. The van der Waals surface area contributed by atoms with E-state index in [2.05, 4.69) is 0 Å². The maximum atomic E-state index is 13.9. The molecular formula is C33H27F3O4. The standard InChI is InChI=1S/C33H27F3O4/c1-3-29(37)27-17-16-26(19-28(27)32(39)40)22-12-14-23(15-13-22)30(38)18-21-6-10-25(11-7-21)31(33(34,35)36)24-8-4-20(2)5-9-24/h4-17,19,31H,3,18H2,1-2H3,(H,39,40). The molecule has 0 aliphatic heterocycles. The van der Waals surface area contributed by atoms with Crippen LogP contribution in [-0.2, 0) is 6.42 Å². The summed E-state index contributed by atoms with van der Waals surface area (Å²) in [4.78, 5) is 36.7. The fraction of sp³-hybridized carbons (Fsp3) is 0.182. The lowest BCUT2D eigenvalue weighted by Gasteiger charge is -2.21. The van der Waals surface area contributed by atoms with Gasteiger partial charge in [0.2, 0.25) is 0 Å². The van der Waals surface area contributed by atoms with Gasteiger partial charge in [0.15, 0.2) is 11.6 Å². The molecule has 0 saturated heterocycles. The monoisotopic (exact) mass is 544 g/mol. The fourth-order valence-corrected chi connectivity index (χ4v) is 4.63. The third-order valence-corrected chi connectivity index (χ3v) is 6.83. The number of carbonyl (C=O) groups excluding carboxylic acids is 2. The maximum absolute atomic E-state index is 13.9. The van der Waals surface area contributed by atoms with Crippen molar-refractivity contribution in [3.8, 4) is 11.1 Å². The molecule has 0 fully saturated rings. The summed E-state index contributed by atoms with van der Waals surface area (Å²) in [5, 5.41) is 9.54. The summed E-state index contributed by atoms with van der Waals surface area (Å²) in [6.07, 6.45) is -4.27. The van der Waals surface area contributed by atoms with E-state index in [0.717, 1.165) is 5.56 Å². The summed E-state index contributed by atoms with van der Waals surface area (Å²) in [6.45, 7) is 3.48. The number of aryl methyl sites for hydroxylation is 1. The molecule has 0 heterocycles. The molecule has 1 N–H and O–H groups in total. The average Bonchev–Trinajstić information content (AvgIpc) is 2.93. The lowest BCUT2D eigenvalue weighted by atomic mass is 9.89. The second kappa shape index (κ2) is 11.7. The van der Waals surface area contributed by atoms with Crippen LogP contribution in [0.5, 0.6) is 0 Å². The second-order valence-corrected chi connectivity index (χ2v) is 9.65. The van der Waals surface area contributed by atoms with Crippen LogP contribution in [0.3, 0.4) is 0 Å². The Morgan fingerprint density at radius 1 is 0.725 bits per heavy atom. The van der Waals surface area contributed by atoms with Crippen molar-refractivity contribution in [3.05, 3.63) is 130 Å². The maximum Gasteiger partial charge on any atom is 0.399 e. The highest BCUT2D eigenvalue weighted by atomic mass is 19.4. The van der Waals surface area contributed by atoms with E-state index in [0.29, 0.717) is 22.3 Å². The zero-order chi connectivity index (χ0) is 29.0.